The Hall–Kier alpha value is -3.86. The van der Waals surface area contributed by atoms with Gasteiger partial charge in [-0.15, -0.1) is 0 Å². The third kappa shape index (κ3) is 3.82. The van der Waals surface area contributed by atoms with Gasteiger partial charge in [0.15, 0.2) is 5.75 Å². The van der Waals surface area contributed by atoms with Crippen molar-refractivity contribution in [1.82, 2.24) is 9.97 Å². The first kappa shape index (κ1) is 20.4. The predicted octanol–water partition coefficient (Wildman–Crippen LogP) is 3.48. The van der Waals surface area contributed by atoms with Crippen molar-refractivity contribution >= 4 is 43.7 Å². The largest absolute Gasteiger partial charge is 0.513 e. The van der Waals surface area contributed by atoms with E-state index in [4.69, 9.17) is 9.47 Å². The zero-order chi connectivity index (χ0) is 22.2. The molecule has 0 aliphatic carbocycles. The summed E-state index contributed by atoms with van der Waals surface area (Å²) in [6, 6.07) is 9.32. The van der Waals surface area contributed by atoms with Gasteiger partial charge in [0.2, 0.25) is 0 Å². The van der Waals surface area contributed by atoms with Crippen molar-refractivity contribution in [3.8, 4) is 5.75 Å². The van der Waals surface area contributed by atoms with Crippen LogP contribution in [0.15, 0.2) is 58.4 Å². The number of aromatic amines is 2. The smallest absolute Gasteiger partial charge is 0.434 e. The van der Waals surface area contributed by atoms with Crippen molar-refractivity contribution in [3.05, 3.63) is 64.8 Å². The van der Waals surface area contributed by atoms with Gasteiger partial charge in [0, 0.05) is 22.8 Å². The van der Waals surface area contributed by atoms with Crippen LogP contribution in [0.25, 0.3) is 21.8 Å². The molecule has 0 aliphatic rings. The molecule has 0 spiro atoms. The Morgan fingerprint density at radius 3 is 2.71 bits per heavy atom. The maximum atomic E-state index is 14.0. The van der Waals surface area contributed by atoms with E-state index in [0.717, 1.165) is 12.1 Å². The number of aromatic nitrogens is 2. The summed E-state index contributed by atoms with van der Waals surface area (Å²) in [5.74, 6) is -0.850. The Bertz CT molecular complexity index is 1480. The first-order valence-corrected chi connectivity index (χ1v) is 10.6. The van der Waals surface area contributed by atoms with Crippen molar-refractivity contribution in [3.63, 3.8) is 0 Å². The summed E-state index contributed by atoms with van der Waals surface area (Å²) in [5, 5.41) is 0.655. The molecule has 0 fully saturated rings. The van der Waals surface area contributed by atoms with E-state index in [0.29, 0.717) is 10.9 Å². The lowest BCUT2D eigenvalue weighted by molar-refractivity contribution is 0.105. The van der Waals surface area contributed by atoms with Gasteiger partial charge in [-0.25, -0.2) is 17.6 Å². The van der Waals surface area contributed by atoms with Crippen LogP contribution in [-0.2, 0) is 14.8 Å². The van der Waals surface area contributed by atoms with Crippen molar-refractivity contribution in [1.29, 1.82) is 0 Å². The summed E-state index contributed by atoms with van der Waals surface area (Å²) in [7, 11) is -4.21. The summed E-state index contributed by atoms with van der Waals surface area (Å²) in [6.07, 6.45) is 0.375. The lowest BCUT2D eigenvalue weighted by Crippen LogP contribution is -2.14. The van der Waals surface area contributed by atoms with Gasteiger partial charge >= 0.3 is 6.16 Å². The molecule has 2 aromatic carbocycles. The number of sulfonamides is 1. The van der Waals surface area contributed by atoms with Crippen LogP contribution in [0.4, 0.5) is 14.9 Å². The second-order valence-corrected chi connectivity index (χ2v) is 8.09. The highest BCUT2D eigenvalue weighted by molar-refractivity contribution is 7.92. The van der Waals surface area contributed by atoms with Gasteiger partial charge in [-0.1, -0.05) is 12.1 Å². The van der Waals surface area contributed by atoms with E-state index in [1.807, 2.05) is 0 Å². The normalized spacial score (nSPS) is 11.5. The molecular weight excluding hydrogens is 429 g/mol. The zero-order valence-corrected chi connectivity index (χ0v) is 16.9. The second kappa shape index (κ2) is 7.76. The highest BCUT2D eigenvalue weighted by Gasteiger charge is 2.20. The molecule has 0 unspecified atom stereocenters. The number of ether oxygens (including phenoxy) is 2. The average molecular weight is 445 g/mol. The van der Waals surface area contributed by atoms with E-state index in [2.05, 4.69) is 14.7 Å². The number of carbonyl (C=O) groups excluding carboxylic acids is 1. The molecule has 0 amide bonds. The fourth-order valence-electron chi connectivity index (χ4n) is 3.15. The molecular formula is C20H16FN3O6S. The van der Waals surface area contributed by atoms with Crippen molar-refractivity contribution < 1.29 is 27.1 Å². The van der Waals surface area contributed by atoms with Gasteiger partial charge in [-0.2, -0.15) is 0 Å². The number of H-pyrrole nitrogens is 2. The quantitative estimate of drug-likeness (QED) is 0.403. The molecule has 11 heteroatoms. The van der Waals surface area contributed by atoms with Crippen molar-refractivity contribution in [2.75, 3.05) is 11.3 Å². The minimum Gasteiger partial charge on any atom is -0.434 e. The van der Waals surface area contributed by atoms with Crippen molar-refractivity contribution in [2.24, 2.45) is 0 Å². The summed E-state index contributed by atoms with van der Waals surface area (Å²) in [5.41, 5.74) is 0.161. The van der Waals surface area contributed by atoms with Crippen LogP contribution in [0, 0.1) is 5.82 Å². The molecule has 0 atom stereocenters. The zero-order valence-electron chi connectivity index (χ0n) is 16.1. The lowest BCUT2D eigenvalue weighted by atomic mass is 10.1. The fraction of sp³-hybridized carbons (Fsp3) is 0.100. The standard InChI is InChI=1S/C20H16FN3O6S/c1-2-29-20(26)30-15-10-22-18-17(15)12-9-11(7-8-14(12)23-19(18)25)24-31(27,28)16-6-4-3-5-13(16)21/h3-10,22,24H,2H2,1H3,(H,23,25). The van der Waals surface area contributed by atoms with Gasteiger partial charge in [-0.3, -0.25) is 9.52 Å². The van der Waals surface area contributed by atoms with E-state index in [-0.39, 0.29) is 28.9 Å². The third-order valence-corrected chi connectivity index (χ3v) is 5.86. The average Bonchev–Trinajstić information content (AvgIpc) is 3.13. The minimum absolute atomic E-state index is 0.0404. The molecule has 0 radical (unpaired) electrons. The Kier molecular flexibility index (Phi) is 5.11. The summed E-state index contributed by atoms with van der Waals surface area (Å²) < 4.78 is 51.4. The maximum Gasteiger partial charge on any atom is 0.513 e. The molecule has 3 N–H and O–H groups in total. The molecule has 2 aromatic heterocycles. The summed E-state index contributed by atoms with van der Waals surface area (Å²) in [6.45, 7) is 1.72. The Labute approximate surface area is 174 Å². The number of halogens is 1. The summed E-state index contributed by atoms with van der Waals surface area (Å²) >= 11 is 0. The number of pyridine rings is 1. The van der Waals surface area contributed by atoms with E-state index in [1.165, 1.54) is 36.5 Å². The minimum atomic E-state index is -4.21. The Morgan fingerprint density at radius 1 is 1.19 bits per heavy atom. The van der Waals surface area contributed by atoms with Crippen LogP contribution in [0.5, 0.6) is 5.75 Å². The van der Waals surface area contributed by atoms with Gasteiger partial charge in [0.25, 0.3) is 15.6 Å². The van der Waals surface area contributed by atoms with Crippen LogP contribution < -0.4 is 15.0 Å². The maximum absolute atomic E-state index is 14.0. The number of fused-ring (bicyclic) bond motifs is 3. The summed E-state index contributed by atoms with van der Waals surface area (Å²) in [4.78, 5) is 29.0. The monoisotopic (exact) mass is 445 g/mol. The number of benzene rings is 2. The van der Waals surface area contributed by atoms with Crippen LogP contribution >= 0.6 is 0 Å². The molecule has 0 saturated carbocycles. The second-order valence-electron chi connectivity index (χ2n) is 6.44. The predicted molar refractivity (Wildman–Crippen MR) is 111 cm³/mol. The molecule has 0 bridgehead atoms. The number of rotatable bonds is 5. The fourth-order valence-corrected chi connectivity index (χ4v) is 4.28. The molecule has 2 heterocycles. The molecule has 4 aromatic rings. The van der Waals surface area contributed by atoms with Crippen LogP contribution in [-0.4, -0.2) is 31.1 Å². The number of anilines is 1. The Morgan fingerprint density at radius 2 is 1.97 bits per heavy atom. The first-order valence-electron chi connectivity index (χ1n) is 9.09. The molecule has 160 valence electrons. The van der Waals surface area contributed by atoms with Crippen LogP contribution in [0.2, 0.25) is 0 Å². The number of hydrogen-bond acceptors (Lipinski definition) is 6. The van der Waals surface area contributed by atoms with Crippen LogP contribution in [0.1, 0.15) is 6.92 Å². The molecule has 0 saturated heterocycles. The molecule has 9 nitrogen and oxygen atoms in total. The van der Waals surface area contributed by atoms with Gasteiger partial charge < -0.3 is 19.4 Å². The van der Waals surface area contributed by atoms with Gasteiger partial charge in [0.05, 0.1) is 12.0 Å². The van der Waals surface area contributed by atoms with E-state index in [9.17, 15) is 22.4 Å². The first-order chi connectivity index (χ1) is 14.8. The van der Waals surface area contributed by atoms with E-state index < -0.39 is 32.5 Å². The molecule has 31 heavy (non-hydrogen) atoms. The van der Waals surface area contributed by atoms with Gasteiger partial charge in [-0.05, 0) is 37.3 Å². The van der Waals surface area contributed by atoms with Crippen LogP contribution in [0.3, 0.4) is 0 Å². The number of hydrogen-bond donors (Lipinski definition) is 3. The number of nitrogens with one attached hydrogen (secondary N) is 3. The SMILES string of the molecule is CCOC(=O)Oc1c[nH]c2c(=O)[nH]c3ccc(NS(=O)(=O)c4ccccc4F)cc3c12. The Balaban J connectivity index is 1.83. The highest BCUT2D eigenvalue weighted by Crippen LogP contribution is 2.32. The van der Waals surface area contributed by atoms with E-state index >= 15 is 0 Å². The molecule has 0 aliphatic heterocycles. The number of carbonyl (C=O) groups is 1. The topological polar surface area (TPSA) is 130 Å². The van der Waals surface area contributed by atoms with Crippen molar-refractivity contribution in [2.45, 2.75) is 11.8 Å². The lowest BCUT2D eigenvalue weighted by Gasteiger charge is -2.10. The van der Waals surface area contributed by atoms with E-state index in [1.54, 1.807) is 6.92 Å². The van der Waals surface area contributed by atoms with Gasteiger partial charge in [0.1, 0.15) is 16.2 Å². The highest BCUT2D eigenvalue weighted by atomic mass is 32.2. The molecule has 4 rings (SSSR count). The third-order valence-electron chi connectivity index (χ3n) is 4.44.